The van der Waals surface area contributed by atoms with Crippen molar-refractivity contribution in [3.05, 3.63) is 60.4 Å². The third kappa shape index (κ3) is 5.87. The first-order valence-corrected chi connectivity index (χ1v) is 11.0. The van der Waals surface area contributed by atoms with E-state index in [2.05, 4.69) is 50.4 Å². The van der Waals surface area contributed by atoms with Crippen LogP contribution in [0, 0.1) is 11.8 Å². The van der Waals surface area contributed by atoms with E-state index in [1.54, 1.807) is 12.4 Å². The monoisotopic (exact) mass is 392 g/mol. The lowest BCUT2D eigenvalue weighted by molar-refractivity contribution is -0.121. The van der Waals surface area contributed by atoms with E-state index in [1.807, 2.05) is 12.1 Å². The molecule has 5 nitrogen and oxygen atoms in total. The van der Waals surface area contributed by atoms with Crippen LogP contribution in [0.25, 0.3) is 0 Å². The first kappa shape index (κ1) is 20.0. The van der Waals surface area contributed by atoms with Gasteiger partial charge in [0.15, 0.2) is 0 Å². The molecule has 1 N–H and O–H groups in total. The van der Waals surface area contributed by atoms with Crippen LogP contribution >= 0.6 is 0 Å². The minimum Gasteiger partial charge on any atom is -0.326 e. The average Bonchev–Trinajstić information content (AvgIpc) is 2.77. The fraction of sp³-hybridized carbons (Fsp3) is 0.500. The number of amides is 1. The van der Waals surface area contributed by atoms with E-state index in [0.29, 0.717) is 0 Å². The maximum absolute atomic E-state index is 12.5. The first-order valence-electron chi connectivity index (χ1n) is 11.0. The van der Waals surface area contributed by atoms with E-state index in [1.165, 1.54) is 24.9 Å². The second kappa shape index (κ2) is 9.99. The molecular formula is C24H32N4O. The number of rotatable bonds is 6. The van der Waals surface area contributed by atoms with Gasteiger partial charge in [0.25, 0.3) is 0 Å². The second-order valence-electron chi connectivity index (χ2n) is 8.51. The fourth-order valence-electron chi connectivity index (χ4n) is 4.62. The summed E-state index contributed by atoms with van der Waals surface area (Å²) in [5.41, 5.74) is 2.25. The molecule has 1 saturated carbocycles. The van der Waals surface area contributed by atoms with Crippen molar-refractivity contribution in [2.75, 3.05) is 38.0 Å². The van der Waals surface area contributed by atoms with Gasteiger partial charge in [0.1, 0.15) is 0 Å². The van der Waals surface area contributed by atoms with Gasteiger partial charge in [-0.1, -0.05) is 30.3 Å². The number of carbonyl (C=O) groups is 1. The standard InChI is InChI=1S/C24H32N4O/c29-24(26-23-10-12-25-13-11-23)22-8-6-21(7-9-22)19-28-16-14-27(15-17-28)18-20-4-2-1-3-5-20/h1-5,10-13,21-22H,6-9,14-19H2,(H,25,26,29). The molecule has 2 fully saturated rings. The molecule has 0 unspecified atom stereocenters. The van der Waals surface area contributed by atoms with Crippen molar-refractivity contribution in [2.24, 2.45) is 11.8 Å². The van der Waals surface area contributed by atoms with Crippen molar-refractivity contribution in [1.82, 2.24) is 14.8 Å². The lowest BCUT2D eigenvalue weighted by Gasteiger charge is -2.38. The van der Waals surface area contributed by atoms with Gasteiger partial charge < -0.3 is 10.2 Å². The number of hydrogen-bond donors (Lipinski definition) is 1. The van der Waals surface area contributed by atoms with Gasteiger partial charge in [0.2, 0.25) is 5.91 Å². The van der Waals surface area contributed by atoms with E-state index in [0.717, 1.165) is 57.2 Å². The van der Waals surface area contributed by atoms with Gasteiger partial charge in [-0.25, -0.2) is 0 Å². The summed E-state index contributed by atoms with van der Waals surface area (Å²) in [6.07, 6.45) is 7.78. The summed E-state index contributed by atoms with van der Waals surface area (Å²) in [5, 5.41) is 3.04. The number of piperazine rings is 1. The van der Waals surface area contributed by atoms with E-state index < -0.39 is 0 Å². The fourth-order valence-corrected chi connectivity index (χ4v) is 4.62. The Kier molecular flexibility index (Phi) is 6.91. The van der Waals surface area contributed by atoms with Crippen molar-refractivity contribution < 1.29 is 4.79 Å². The highest BCUT2D eigenvalue weighted by atomic mass is 16.1. The van der Waals surface area contributed by atoms with Crippen LogP contribution in [0.5, 0.6) is 0 Å². The number of benzene rings is 1. The number of carbonyl (C=O) groups excluding carboxylic acids is 1. The number of nitrogens with zero attached hydrogens (tertiary/aromatic N) is 3. The van der Waals surface area contributed by atoms with Crippen molar-refractivity contribution >= 4 is 11.6 Å². The van der Waals surface area contributed by atoms with Crippen molar-refractivity contribution in [2.45, 2.75) is 32.2 Å². The molecule has 1 aliphatic heterocycles. The van der Waals surface area contributed by atoms with Crippen LogP contribution in [0.4, 0.5) is 5.69 Å². The van der Waals surface area contributed by atoms with Crippen molar-refractivity contribution in [3.8, 4) is 0 Å². The molecule has 29 heavy (non-hydrogen) atoms. The second-order valence-corrected chi connectivity index (χ2v) is 8.51. The molecule has 0 bridgehead atoms. The van der Waals surface area contributed by atoms with Gasteiger partial charge in [-0.3, -0.25) is 14.7 Å². The van der Waals surface area contributed by atoms with Crippen molar-refractivity contribution in [3.63, 3.8) is 0 Å². The Labute approximate surface area is 174 Å². The minimum atomic E-state index is 0.155. The van der Waals surface area contributed by atoms with Gasteiger partial charge in [0, 0.05) is 63.3 Å². The summed E-state index contributed by atoms with van der Waals surface area (Å²) in [6, 6.07) is 14.5. The Hall–Kier alpha value is -2.24. The largest absolute Gasteiger partial charge is 0.326 e. The molecule has 0 radical (unpaired) electrons. The third-order valence-electron chi connectivity index (χ3n) is 6.40. The summed E-state index contributed by atoms with van der Waals surface area (Å²) in [7, 11) is 0. The van der Waals surface area contributed by atoms with Crippen LogP contribution < -0.4 is 5.32 Å². The highest BCUT2D eigenvalue weighted by Gasteiger charge is 2.28. The van der Waals surface area contributed by atoms with Gasteiger partial charge in [-0.05, 0) is 49.3 Å². The summed E-state index contributed by atoms with van der Waals surface area (Å²) >= 11 is 0. The molecule has 1 aliphatic carbocycles. The van der Waals surface area contributed by atoms with E-state index in [-0.39, 0.29) is 11.8 Å². The lowest BCUT2D eigenvalue weighted by atomic mass is 9.81. The Morgan fingerprint density at radius 2 is 1.55 bits per heavy atom. The van der Waals surface area contributed by atoms with Crippen LogP contribution in [-0.2, 0) is 11.3 Å². The predicted molar refractivity (Wildman–Crippen MR) is 116 cm³/mol. The zero-order valence-corrected chi connectivity index (χ0v) is 17.2. The van der Waals surface area contributed by atoms with Gasteiger partial charge in [0.05, 0.1) is 0 Å². The molecule has 0 atom stereocenters. The van der Waals surface area contributed by atoms with E-state index >= 15 is 0 Å². The maximum Gasteiger partial charge on any atom is 0.227 e. The number of pyridine rings is 1. The number of hydrogen-bond acceptors (Lipinski definition) is 4. The summed E-state index contributed by atoms with van der Waals surface area (Å²) in [4.78, 5) is 21.7. The zero-order valence-electron chi connectivity index (χ0n) is 17.2. The molecule has 1 saturated heterocycles. The molecule has 1 aromatic carbocycles. The van der Waals surface area contributed by atoms with Crippen LogP contribution in [0.3, 0.4) is 0 Å². The molecule has 1 amide bonds. The molecule has 154 valence electrons. The predicted octanol–water partition coefficient (Wildman–Crippen LogP) is 3.64. The smallest absolute Gasteiger partial charge is 0.227 e. The minimum absolute atomic E-state index is 0.155. The summed E-state index contributed by atoms with van der Waals surface area (Å²) in [6.45, 7) is 6.88. The topological polar surface area (TPSA) is 48.5 Å². The molecule has 0 spiro atoms. The van der Waals surface area contributed by atoms with Crippen molar-refractivity contribution in [1.29, 1.82) is 0 Å². The lowest BCUT2D eigenvalue weighted by Crippen LogP contribution is -2.47. The van der Waals surface area contributed by atoms with Gasteiger partial charge >= 0.3 is 0 Å². The molecule has 2 heterocycles. The van der Waals surface area contributed by atoms with Crippen LogP contribution in [-0.4, -0.2) is 53.4 Å². The highest BCUT2D eigenvalue weighted by molar-refractivity contribution is 5.92. The van der Waals surface area contributed by atoms with Crippen LogP contribution in [0.1, 0.15) is 31.2 Å². The quantitative estimate of drug-likeness (QED) is 0.815. The molecule has 2 aliphatic rings. The first-order chi connectivity index (χ1) is 14.3. The number of anilines is 1. The van der Waals surface area contributed by atoms with Crippen LogP contribution in [0.15, 0.2) is 54.9 Å². The summed E-state index contributed by atoms with van der Waals surface area (Å²) < 4.78 is 0. The van der Waals surface area contributed by atoms with E-state index in [4.69, 9.17) is 0 Å². The molecule has 5 heteroatoms. The normalized spacial score (nSPS) is 23.6. The average molecular weight is 393 g/mol. The molecular weight excluding hydrogens is 360 g/mol. The summed E-state index contributed by atoms with van der Waals surface area (Å²) in [5.74, 6) is 1.06. The van der Waals surface area contributed by atoms with Crippen LogP contribution in [0.2, 0.25) is 0 Å². The Morgan fingerprint density at radius 1 is 0.897 bits per heavy atom. The Morgan fingerprint density at radius 3 is 2.24 bits per heavy atom. The maximum atomic E-state index is 12.5. The third-order valence-corrected chi connectivity index (χ3v) is 6.40. The molecule has 2 aromatic rings. The zero-order chi connectivity index (χ0) is 19.9. The van der Waals surface area contributed by atoms with E-state index in [9.17, 15) is 4.79 Å². The van der Waals surface area contributed by atoms with Gasteiger partial charge in [-0.2, -0.15) is 0 Å². The van der Waals surface area contributed by atoms with Gasteiger partial charge in [-0.15, -0.1) is 0 Å². The highest BCUT2D eigenvalue weighted by Crippen LogP contribution is 2.30. The number of nitrogens with one attached hydrogen (secondary N) is 1. The Bertz CT molecular complexity index is 751. The number of aromatic nitrogens is 1. The molecule has 4 rings (SSSR count). The SMILES string of the molecule is O=C(Nc1ccncc1)C1CCC(CN2CCN(Cc3ccccc3)CC2)CC1. The molecule has 1 aromatic heterocycles. The Balaban J connectivity index is 1.15.